The van der Waals surface area contributed by atoms with Gasteiger partial charge in [-0.2, -0.15) is 0 Å². The third-order valence-electron chi connectivity index (χ3n) is 2.79. The van der Waals surface area contributed by atoms with Crippen LogP contribution in [-0.4, -0.2) is 23.8 Å². The van der Waals surface area contributed by atoms with E-state index in [2.05, 4.69) is 4.98 Å². The first kappa shape index (κ1) is 10.9. The summed E-state index contributed by atoms with van der Waals surface area (Å²) in [5, 5.41) is 10.3. The number of aliphatic hydroxyl groups is 1. The van der Waals surface area contributed by atoms with E-state index in [1.54, 1.807) is 13.3 Å². The molecule has 1 N–H and O–H groups in total. The number of aliphatic hydroxyl groups excluding tert-OH is 1. The van der Waals surface area contributed by atoms with Crippen LogP contribution in [0.25, 0.3) is 10.9 Å². The minimum atomic E-state index is 0.109. The summed E-state index contributed by atoms with van der Waals surface area (Å²) in [7, 11) is 1.64. The number of fused-ring (bicyclic) bond motifs is 1. The molecule has 3 heteroatoms. The summed E-state index contributed by atoms with van der Waals surface area (Å²) in [5.74, 6) is 0.877. The molecule has 0 saturated carbocycles. The van der Waals surface area contributed by atoms with Gasteiger partial charge in [0.25, 0.3) is 0 Å². The van der Waals surface area contributed by atoms with Gasteiger partial charge in [0, 0.05) is 24.1 Å². The van der Waals surface area contributed by atoms with Gasteiger partial charge >= 0.3 is 0 Å². The summed E-state index contributed by atoms with van der Waals surface area (Å²) < 4.78 is 5.27. The highest BCUT2D eigenvalue weighted by Gasteiger charge is 2.11. The fourth-order valence-corrected chi connectivity index (χ4v) is 1.86. The molecule has 3 nitrogen and oxygen atoms in total. The van der Waals surface area contributed by atoms with Crippen molar-refractivity contribution in [2.24, 2.45) is 0 Å². The summed E-state index contributed by atoms with van der Waals surface area (Å²) in [6.07, 6.45) is 1.75. The SMILES string of the molecule is COc1ccc(C(C)CO)c2cccnc12. The summed E-state index contributed by atoms with van der Waals surface area (Å²) in [6, 6.07) is 7.79. The molecule has 0 spiro atoms. The second kappa shape index (κ2) is 4.49. The molecule has 1 heterocycles. The van der Waals surface area contributed by atoms with Gasteiger partial charge < -0.3 is 9.84 Å². The van der Waals surface area contributed by atoms with Crippen molar-refractivity contribution in [3.63, 3.8) is 0 Å². The van der Waals surface area contributed by atoms with Crippen LogP contribution in [0.2, 0.25) is 0 Å². The molecule has 0 aliphatic rings. The van der Waals surface area contributed by atoms with Crippen LogP contribution in [0.3, 0.4) is 0 Å². The van der Waals surface area contributed by atoms with Crippen molar-refractivity contribution in [2.75, 3.05) is 13.7 Å². The quantitative estimate of drug-likeness (QED) is 0.858. The molecule has 1 atom stereocenters. The lowest BCUT2D eigenvalue weighted by Gasteiger charge is -2.13. The van der Waals surface area contributed by atoms with Crippen molar-refractivity contribution in [1.29, 1.82) is 0 Å². The van der Waals surface area contributed by atoms with E-state index >= 15 is 0 Å². The third-order valence-corrected chi connectivity index (χ3v) is 2.79. The van der Waals surface area contributed by atoms with Crippen LogP contribution in [0, 0.1) is 0 Å². The van der Waals surface area contributed by atoms with Crippen molar-refractivity contribution in [2.45, 2.75) is 12.8 Å². The fraction of sp³-hybridized carbons (Fsp3) is 0.308. The molecular formula is C13H15NO2. The molecule has 0 radical (unpaired) electrons. The highest BCUT2D eigenvalue weighted by Crippen LogP contribution is 2.30. The molecule has 2 aromatic rings. The molecule has 84 valence electrons. The van der Waals surface area contributed by atoms with Crippen molar-refractivity contribution < 1.29 is 9.84 Å². The maximum Gasteiger partial charge on any atom is 0.145 e. The predicted octanol–water partition coefficient (Wildman–Crippen LogP) is 2.34. The monoisotopic (exact) mass is 217 g/mol. The van der Waals surface area contributed by atoms with E-state index in [0.717, 1.165) is 22.2 Å². The van der Waals surface area contributed by atoms with Crippen LogP contribution in [0.4, 0.5) is 0 Å². The number of hydrogen-bond acceptors (Lipinski definition) is 3. The highest BCUT2D eigenvalue weighted by atomic mass is 16.5. The van der Waals surface area contributed by atoms with E-state index < -0.39 is 0 Å². The molecule has 16 heavy (non-hydrogen) atoms. The lowest BCUT2D eigenvalue weighted by atomic mass is 9.97. The average molecular weight is 217 g/mol. The second-order valence-corrected chi connectivity index (χ2v) is 3.84. The van der Waals surface area contributed by atoms with Crippen molar-refractivity contribution >= 4 is 10.9 Å². The Balaban J connectivity index is 2.69. The number of hydrogen-bond donors (Lipinski definition) is 1. The van der Waals surface area contributed by atoms with Gasteiger partial charge in [0.15, 0.2) is 0 Å². The van der Waals surface area contributed by atoms with Crippen LogP contribution in [0.15, 0.2) is 30.5 Å². The van der Waals surface area contributed by atoms with Crippen molar-refractivity contribution in [3.05, 3.63) is 36.0 Å². The summed E-state index contributed by atoms with van der Waals surface area (Å²) in [6.45, 7) is 2.13. The Morgan fingerprint density at radius 1 is 1.38 bits per heavy atom. The lowest BCUT2D eigenvalue weighted by Crippen LogP contribution is -2.01. The van der Waals surface area contributed by atoms with Crippen LogP contribution in [0.5, 0.6) is 5.75 Å². The summed E-state index contributed by atoms with van der Waals surface area (Å²) in [4.78, 5) is 4.32. The number of methoxy groups -OCH3 is 1. The largest absolute Gasteiger partial charge is 0.494 e. The van der Waals surface area contributed by atoms with E-state index in [9.17, 15) is 5.11 Å². The number of nitrogens with zero attached hydrogens (tertiary/aromatic N) is 1. The van der Waals surface area contributed by atoms with Gasteiger partial charge in [0.2, 0.25) is 0 Å². The van der Waals surface area contributed by atoms with Gasteiger partial charge in [0.05, 0.1) is 7.11 Å². The molecular weight excluding hydrogens is 202 g/mol. The molecule has 0 saturated heterocycles. The van der Waals surface area contributed by atoms with Gasteiger partial charge in [-0.1, -0.05) is 19.1 Å². The smallest absolute Gasteiger partial charge is 0.145 e. The maximum absolute atomic E-state index is 9.22. The Kier molecular flexibility index (Phi) is 3.06. The van der Waals surface area contributed by atoms with Gasteiger partial charge in [-0.25, -0.2) is 0 Å². The molecule has 1 aromatic carbocycles. The Labute approximate surface area is 94.7 Å². The Bertz CT molecular complexity index is 496. The molecule has 2 rings (SSSR count). The zero-order valence-corrected chi connectivity index (χ0v) is 9.47. The third kappa shape index (κ3) is 1.74. The van der Waals surface area contributed by atoms with Gasteiger partial charge in [-0.3, -0.25) is 4.98 Å². The molecule has 0 fully saturated rings. The number of benzene rings is 1. The molecule has 1 unspecified atom stereocenters. The van der Waals surface area contributed by atoms with Gasteiger partial charge in [0.1, 0.15) is 11.3 Å². The average Bonchev–Trinajstić information content (AvgIpc) is 2.36. The predicted molar refractivity (Wildman–Crippen MR) is 63.8 cm³/mol. The van der Waals surface area contributed by atoms with E-state index in [-0.39, 0.29) is 12.5 Å². The van der Waals surface area contributed by atoms with E-state index in [1.807, 2.05) is 31.2 Å². The van der Waals surface area contributed by atoms with Crippen molar-refractivity contribution in [1.82, 2.24) is 4.98 Å². The Morgan fingerprint density at radius 3 is 2.88 bits per heavy atom. The molecule has 1 aromatic heterocycles. The Morgan fingerprint density at radius 2 is 2.19 bits per heavy atom. The van der Waals surface area contributed by atoms with E-state index in [4.69, 9.17) is 4.74 Å². The number of pyridine rings is 1. The summed E-state index contributed by atoms with van der Waals surface area (Å²) in [5.41, 5.74) is 1.95. The zero-order valence-electron chi connectivity index (χ0n) is 9.47. The maximum atomic E-state index is 9.22. The number of ether oxygens (including phenoxy) is 1. The minimum Gasteiger partial charge on any atom is -0.494 e. The standard InChI is InChI=1S/C13H15NO2/c1-9(8-15)10-5-6-12(16-2)13-11(10)4-3-7-14-13/h3-7,9,15H,8H2,1-2H3. The van der Waals surface area contributed by atoms with Crippen LogP contribution >= 0.6 is 0 Å². The second-order valence-electron chi connectivity index (χ2n) is 3.84. The minimum absolute atomic E-state index is 0.109. The zero-order chi connectivity index (χ0) is 11.5. The molecule has 0 amide bonds. The first-order chi connectivity index (χ1) is 7.77. The topological polar surface area (TPSA) is 42.4 Å². The van der Waals surface area contributed by atoms with Gasteiger partial charge in [-0.15, -0.1) is 0 Å². The highest BCUT2D eigenvalue weighted by molar-refractivity contribution is 5.87. The normalized spacial score (nSPS) is 12.7. The van der Waals surface area contributed by atoms with Crippen LogP contribution in [-0.2, 0) is 0 Å². The first-order valence-electron chi connectivity index (χ1n) is 5.30. The Hall–Kier alpha value is -1.61. The number of aromatic nitrogens is 1. The van der Waals surface area contributed by atoms with Crippen LogP contribution < -0.4 is 4.74 Å². The summed E-state index contributed by atoms with van der Waals surface area (Å²) >= 11 is 0. The number of rotatable bonds is 3. The first-order valence-corrected chi connectivity index (χ1v) is 5.30. The fourth-order valence-electron chi connectivity index (χ4n) is 1.86. The van der Waals surface area contributed by atoms with Crippen LogP contribution in [0.1, 0.15) is 18.4 Å². The molecule has 0 aliphatic heterocycles. The molecule has 0 aliphatic carbocycles. The van der Waals surface area contributed by atoms with E-state index in [1.165, 1.54) is 0 Å². The molecule has 0 bridgehead atoms. The van der Waals surface area contributed by atoms with E-state index in [0.29, 0.717) is 0 Å². The lowest BCUT2D eigenvalue weighted by molar-refractivity contribution is 0.273. The van der Waals surface area contributed by atoms with Crippen molar-refractivity contribution in [3.8, 4) is 5.75 Å². The van der Waals surface area contributed by atoms with Gasteiger partial charge in [-0.05, 0) is 17.7 Å².